The average Bonchev–Trinajstić information content (AvgIpc) is 1.16. The Labute approximate surface area is 574 Å². The van der Waals surface area contributed by atoms with Crippen LogP contribution in [0.25, 0.3) is 44.8 Å². The van der Waals surface area contributed by atoms with Crippen LogP contribution in [0.2, 0.25) is 0 Å². The fourth-order valence-corrected chi connectivity index (χ4v) is 9.70. The fourth-order valence-electron chi connectivity index (χ4n) is 9.70. The van der Waals surface area contributed by atoms with E-state index in [4.69, 9.17) is 38.7 Å². The number of nitrogens with zero attached hydrogens (tertiary/aromatic N) is 1. The minimum Gasteiger partial charge on any atom is -0.445 e. The van der Waals surface area contributed by atoms with Gasteiger partial charge in [-0.15, -0.1) is 0 Å². The molecular formula is C77H74F6N6O11. The lowest BCUT2D eigenvalue weighted by Crippen LogP contribution is -2.35. The summed E-state index contributed by atoms with van der Waals surface area (Å²) in [6.07, 6.45) is 2.63. The molecule has 0 spiro atoms. The van der Waals surface area contributed by atoms with Crippen molar-refractivity contribution in [1.29, 1.82) is 0 Å². The molecule has 17 nitrogen and oxygen atoms in total. The van der Waals surface area contributed by atoms with E-state index in [0.717, 1.165) is 92.0 Å². The number of benzene rings is 9. The van der Waals surface area contributed by atoms with E-state index in [-0.39, 0.29) is 24.9 Å². The lowest BCUT2D eigenvalue weighted by molar-refractivity contribution is -0.191. The lowest BCUT2D eigenvalue weighted by Gasteiger charge is -2.17. The summed E-state index contributed by atoms with van der Waals surface area (Å²) in [6, 6.07) is 50.0. The van der Waals surface area contributed by atoms with Crippen molar-refractivity contribution in [2.45, 2.75) is 61.0 Å². The summed E-state index contributed by atoms with van der Waals surface area (Å²) in [6.45, 7) is 16.4. The molecule has 0 fully saturated rings. The Bertz CT molecular complexity index is 4280. The molecular weight excluding hydrogens is 1300 g/mol. The Hall–Kier alpha value is -11.2. The van der Waals surface area contributed by atoms with Crippen molar-refractivity contribution in [3.05, 3.63) is 274 Å². The number of aromatic nitrogens is 1. The van der Waals surface area contributed by atoms with Crippen molar-refractivity contribution >= 4 is 46.8 Å². The second kappa shape index (κ2) is 39.9. The highest BCUT2D eigenvalue weighted by Crippen LogP contribution is 2.32. The molecule has 0 saturated heterocycles. The highest BCUT2D eigenvalue weighted by molar-refractivity contribution is 6.06. The Morgan fingerprint density at radius 2 is 0.790 bits per heavy atom. The number of ether oxygens (including phenoxy) is 4. The summed E-state index contributed by atoms with van der Waals surface area (Å²) >= 11 is 0. The smallest absolute Gasteiger partial charge is 0.373 e. The van der Waals surface area contributed by atoms with Crippen molar-refractivity contribution in [2.24, 2.45) is 5.73 Å². The number of carbonyl (C=O) groups excluding carboxylic acids is 6. The van der Waals surface area contributed by atoms with Gasteiger partial charge in [0.25, 0.3) is 23.6 Å². The minimum absolute atomic E-state index is 0.208. The maximum Gasteiger partial charge on any atom is 0.373 e. The third kappa shape index (κ3) is 22.7. The molecule has 1 aromatic heterocycles. The zero-order valence-corrected chi connectivity index (χ0v) is 55.7. The molecule has 1 heterocycles. The number of oxazole rings is 1. The first-order valence-corrected chi connectivity index (χ1v) is 31.4. The van der Waals surface area contributed by atoms with Crippen LogP contribution >= 0.6 is 0 Å². The molecule has 0 aliphatic rings. The van der Waals surface area contributed by atoms with E-state index in [1.807, 2.05) is 121 Å². The number of aryl methyl sites for hydroxylation is 3. The maximum atomic E-state index is 13.9. The third-order valence-electron chi connectivity index (χ3n) is 14.5. The fraction of sp³-hybridized carbons (Fsp3) is 0.195. The number of nitrogens with two attached hydrogens (primary N) is 1. The molecule has 6 N–H and O–H groups in total. The molecule has 9 aromatic carbocycles. The van der Waals surface area contributed by atoms with Crippen LogP contribution in [0.5, 0.6) is 0 Å². The molecule has 100 heavy (non-hydrogen) atoms. The van der Waals surface area contributed by atoms with E-state index in [1.54, 1.807) is 66.9 Å². The van der Waals surface area contributed by atoms with Gasteiger partial charge in [-0.3, -0.25) is 19.2 Å². The first-order chi connectivity index (χ1) is 48.2. The Morgan fingerprint density at radius 3 is 1.16 bits per heavy atom. The van der Waals surface area contributed by atoms with Crippen LogP contribution in [0, 0.1) is 55.7 Å². The van der Waals surface area contributed by atoms with Gasteiger partial charge in [0.15, 0.2) is 12.6 Å². The van der Waals surface area contributed by atoms with Crippen molar-refractivity contribution in [3.63, 3.8) is 0 Å². The molecule has 0 radical (unpaired) electrons. The highest BCUT2D eigenvalue weighted by Gasteiger charge is 2.21. The molecule has 0 aliphatic carbocycles. The third-order valence-corrected chi connectivity index (χ3v) is 14.5. The molecule has 23 heteroatoms. The largest absolute Gasteiger partial charge is 0.445 e. The van der Waals surface area contributed by atoms with Crippen molar-refractivity contribution in [1.82, 2.24) is 10.3 Å². The van der Waals surface area contributed by atoms with Gasteiger partial charge in [0.2, 0.25) is 5.89 Å². The van der Waals surface area contributed by atoms with Crippen LogP contribution in [-0.4, -0.2) is 86.9 Å². The van der Waals surface area contributed by atoms with E-state index in [0.29, 0.717) is 61.5 Å². The Morgan fingerprint density at radius 1 is 0.440 bits per heavy atom. The van der Waals surface area contributed by atoms with Gasteiger partial charge in [0.1, 0.15) is 57.9 Å². The predicted octanol–water partition coefficient (Wildman–Crippen LogP) is 16.1. The molecule has 10 rings (SSSR count). The summed E-state index contributed by atoms with van der Waals surface area (Å²) in [5.41, 5.74) is 14.9. The van der Waals surface area contributed by atoms with Crippen LogP contribution in [0.4, 0.5) is 43.4 Å². The van der Waals surface area contributed by atoms with Crippen LogP contribution < -0.4 is 27.0 Å². The van der Waals surface area contributed by atoms with Gasteiger partial charge >= 0.3 is 6.15 Å². The van der Waals surface area contributed by atoms with Crippen molar-refractivity contribution in [2.75, 3.05) is 55.5 Å². The Balaban J connectivity index is 0.000000221. The first kappa shape index (κ1) is 77.8. The quantitative estimate of drug-likeness (QED) is 0.0314. The number of halogens is 6. The first-order valence-electron chi connectivity index (χ1n) is 31.4. The lowest BCUT2D eigenvalue weighted by atomic mass is 9.97. The molecule has 520 valence electrons. The number of hydrogen-bond acceptors (Lipinski definition) is 13. The summed E-state index contributed by atoms with van der Waals surface area (Å²) in [5, 5.41) is 10.4. The zero-order valence-electron chi connectivity index (χ0n) is 55.7. The van der Waals surface area contributed by atoms with Crippen LogP contribution in [0.15, 0.2) is 205 Å². The number of hydrogen-bond donors (Lipinski definition) is 5. The van der Waals surface area contributed by atoms with E-state index >= 15 is 0 Å². The zero-order chi connectivity index (χ0) is 72.7. The monoisotopic (exact) mass is 1370 g/mol. The van der Waals surface area contributed by atoms with Gasteiger partial charge in [0.05, 0.1) is 12.7 Å². The molecule has 0 bridgehead atoms. The van der Waals surface area contributed by atoms with Gasteiger partial charge in [-0.25, -0.2) is 31.3 Å². The van der Waals surface area contributed by atoms with Crippen LogP contribution in [0.1, 0.15) is 85.8 Å². The Kier molecular flexibility index (Phi) is 31.1. The van der Waals surface area contributed by atoms with E-state index in [2.05, 4.69) is 26.3 Å². The summed E-state index contributed by atoms with van der Waals surface area (Å²) in [4.78, 5) is 69.7. The minimum atomic E-state index is -0.932. The maximum absolute atomic E-state index is 13.9. The molecule has 0 aliphatic heterocycles. The molecule has 10 aromatic rings. The number of nitrogens with one attached hydrogen (secondary N) is 4. The normalized spacial score (nSPS) is 10.5. The average molecular weight is 1370 g/mol. The topological polar surface area (TPSA) is 240 Å². The number of amides is 4. The van der Waals surface area contributed by atoms with Crippen molar-refractivity contribution < 1.29 is 78.5 Å². The van der Waals surface area contributed by atoms with Gasteiger partial charge in [-0.2, -0.15) is 9.59 Å². The molecule has 0 unspecified atom stereocenters. The summed E-state index contributed by atoms with van der Waals surface area (Å²) in [5.74, 6) is -7.69. The van der Waals surface area contributed by atoms with Gasteiger partial charge in [-0.1, -0.05) is 91.0 Å². The molecule has 4 amide bonds. The SMILES string of the molecule is CCOC(CN)OCC.CCOC(CNC(=O)c1ccc(C)c(-c2ccc(NC(=O)c3c(F)cccc3F)cc2)c1)OCC.Cc1ccc(-c2ncco2)cc1-c1ccc(NC(=O)c2c(F)cccc2F)cc1.Cc1ccccc1-c1ccc(NC(=O)c2c(F)cccc2F)cc1.O=C=O. The highest BCUT2D eigenvalue weighted by atomic mass is 19.2. The van der Waals surface area contributed by atoms with E-state index in [9.17, 15) is 45.5 Å². The van der Waals surface area contributed by atoms with Crippen LogP contribution in [-0.2, 0) is 28.5 Å². The van der Waals surface area contributed by atoms with Gasteiger partial charge in [-0.05, 0) is 196 Å². The molecule has 0 saturated carbocycles. The number of anilines is 3. The number of carbonyl (C=O) groups is 4. The van der Waals surface area contributed by atoms with Gasteiger partial charge in [0, 0.05) is 61.2 Å². The molecule has 0 atom stereocenters. The number of rotatable bonds is 22. The second-order valence-electron chi connectivity index (χ2n) is 21.3. The summed E-state index contributed by atoms with van der Waals surface area (Å²) in [7, 11) is 0. The van der Waals surface area contributed by atoms with E-state index in [1.165, 1.54) is 24.5 Å². The predicted molar refractivity (Wildman–Crippen MR) is 369 cm³/mol. The van der Waals surface area contributed by atoms with Crippen molar-refractivity contribution in [3.8, 4) is 44.8 Å². The second-order valence-corrected chi connectivity index (χ2v) is 21.3. The van der Waals surface area contributed by atoms with Gasteiger partial charge < -0.3 is 50.4 Å². The van der Waals surface area contributed by atoms with Crippen LogP contribution in [0.3, 0.4) is 0 Å². The standard InChI is InChI=1S/C27H28F2N2O4.C23H16F2N2O2.C20H15F2NO.C6H15NO2.CO2/c1-4-34-24(35-5-2)16-30-26(32)19-10-9-17(3)21(15-19)18-11-13-20(14-12-18)31-27(33)25-22(28)7-6-8-23(25)29;1-14-5-6-16(23-26-11-12-29-23)13-18(14)15-7-9-17(10-8-15)27-22(28)21-19(24)3-2-4-20(21)25;1-13-5-2-3-6-16(13)14-9-11-15(12-10-14)23-20(24)19-17(21)7-4-8-18(19)22;1-3-8-6(5-7)9-4-2;2-1-3/h6-15,24H,4-5,16H2,1-3H3,(H,30,32)(H,31,33);2-13H,1H3,(H,27,28);2-12H,1H3,(H,23,24);6H,3-5,7H2,1-2H3;. The van der Waals surface area contributed by atoms with E-state index < -0.39 is 75.6 Å². The summed E-state index contributed by atoms with van der Waals surface area (Å²) < 4.78 is 109.